The van der Waals surface area contributed by atoms with E-state index in [-0.39, 0.29) is 0 Å². The molecule has 3 nitrogen and oxygen atoms in total. The molecule has 1 aliphatic heterocycles. The molecule has 2 atom stereocenters. The van der Waals surface area contributed by atoms with Crippen molar-refractivity contribution in [3.63, 3.8) is 0 Å². The van der Waals surface area contributed by atoms with Crippen LogP contribution in [0.4, 0.5) is 5.82 Å². The SMILES string of the molecule is CCCNCc1cnc(N2CC(C)CCC2C)c(C)c1. The van der Waals surface area contributed by atoms with Gasteiger partial charge in [-0.15, -0.1) is 0 Å². The number of aryl methyl sites for hydroxylation is 1. The van der Waals surface area contributed by atoms with E-state index in [0.717, 1.165) is 25.6 Å². The maximum Gasteiger partial charge on any atom is 0.131 e. The average Bonchev–Trinajstić information content (AvgIpc) is 2.42. The van der Waals surface area contributed by atoms with E-state index in [4.69, 9.17) is 4.98 Å². The Morgan fingerprint density at radius 1 is 1.35 bits per heavy atom. The van der Waals surface area contributed by atoms with Gasteiger partial charge in [0.15, 0.2) is 0 Å². The van der Waals surface area contributed by atoms with Crippen LogP contribution in [0, 0.1) is 12.8 Å². The second kappa shape index (κ2) is 7.07. The zero-order chi connectivity index (χ0) is 14.5. The van der Waals surface area contributed by atoms with Gasteiger partial charge in [-0.25, -0.2) is 4.98 Å². The minimum Gasteiger partial charge on any atom is -0.353 e. The predicted octanol–water partition coefficient (Wildman–Crippen LogP) is 3.51. The molecule has 1 saturated heterocycles. The lowest BCUT2D eigenvalue weighted by Gasteiger charge is -2.38. The molecule has 0 saturated carbocycles. The Labute approximate surface area is 123 Å². The molecular weight excluding hydrogens is 246 g/mol. The molecule has 0 amide bonds. The molecule has 2 unspecified atom stereocenters. The summed E-state index contributed by atoms with van der Waals surface area (Å²) in [5.74, 6) is 1.96. The summed E-state index contributed by atoms with van der Waals surface area (Å²) < 4.78 is 0. The van der Waals surface area contributed by atoms with Crippen LogP contribution in [0.5, 0.6) is 0 Å². The van der Waals surface area contributed by atoms with E-state index >= 15 is 0 Å². The number of rotatable bonds is 5. The molecular formula is C17H29N3. The first-order chi connectivity index (χ1) is 9.61. The largest absolute Gasteiger partial charge is 0.353 e. The topological polar surface area (TPSA) is 28.2 Å². The van der Waals surface area contributed by atoms with Gasteiger partial charge >= 0.3 is 0 Å². The van der Waals surface area contributed by atoms with Crippen LogP contribution in [-0.4, -0.2) is 24.1 Å². The van der Waals surface area contributed by atoms with E-state index in [1.807, 2.05) is 6.20 Å². The van der Waals surface area contributed by atoms with E-state index in [1.165, 1.54) is 36.2 Å². The molecule has 1 aromatic heterocycles. The molecule has 1 aromatic rings. The Hall–Kier alpha value is -1.09. The zero-order valence-electron chi connectivity index (χ0n) is 13.4. The van der Waals surface area contributed by atoms with E-state index in [9.17, 15) is 0 Å². The van der Waals surface area contributed by atoms with Gasteiger partial charge in [0.25, 0.3) is 0 Å². The van der Waals surface area contributed by atoms with E-state index in [2.05, 4.69) is 44.0 Å². The second-order valence-electron chi connectivity index (χ2n) is 6.34. The first-order valence-corrected chi connectivity index (χ1v) is 8.04. The Morgan fingerprint density at radius 3 is 2.85 bits per heavy atom. The zero-order valence-corrected chi connectivity index (χ0v) is 13.4. The van der Waals surface area contributed by atoms with E-state index < -0.39 is 0 Å². The van der Waals surface area contributed by atoms with Crippen molar-refractivity contribution in [3.8, 4) is 0 Å². The molecule has 0 radical (unpaired) electrons. The number of anilines is 1. The number of pyridine rings is 1. The minimum absolute atomic E-state index is 0.612. The minimum atomic E-state index is 0.612. The van der Waals surface area contributed by atoms with Gasteiger partial charge in [-0.3, -0.25) is 0 Å². The number of nitrogens with one attached hydrogen (secondary N) is 1. The van der Waals surface area contributed by atoms with Crippen molar-refractivity contribution in [2.45, 2.75) is 59.5 Å². The summed E-state index contributed by atoms with van der Waals surface area (Å²) >= 11 is 0. The monoisotopic (exact) mass is 275 g/mol. The predicted molar refractivity (Wildman–Crippen MR) is 86.2 cm³/mol. The van der Waals surface area contributed by atoms with Gasteiger partial charge in [0.2, 0.25) is 0 Å². The highest BCUT2D eigenvalue weighted by molar-refractivity contribution is 5.48. The third-order valence-corrected chi connectivity index (χ3v) is 4.25. The molecule has 2 rings (SSSR count). The lowest BCUT2D eigenvalue weighted by Crippen LogP contribution is -2.42. The number of aromatic nitrogens is 1. The van der Waals surface area contributed by atoms with Crippen LogP contribution in [0.2, 0.25) is 0 Å². The molecule has 0 spiro atoms. The third kappa shape index (κ3) is 3.72. The van der Waals surface area contributed by atoms with Gasteiger partial charge in [-0.2, -0.15) is 0 Å². The molecule has 0 aliphatic carbocycles. The summed E-state index contributed by atoms with van der Waals surface area (Å²) in [6.45, 7) is 12.2. The molecule has 0 aromatic carbocycles. The molecule has 3 heteroatoms. The van der Waals surface area contributed by atoms with E-state index in [0.29, 0.717) is 6.04 Å². The van der Waals surface area contributed by atoms with Gasteiger partial charge < -0.3 is 10.2 Å². The van der Waals surface area contributed by atoms with Crippen molar-refractivity contribution in [1.29, 1.82) is 0 Å². The van der Waals surface area contributed by atoms with Crippen LogP contribution in [-0.2, 0) is 6.54 Å². The molecule has 1 aliphatic rings. The second-order valence-corrected chi connectivity index (χ2v) is 6.34. The summed E-state index contributed by atoms with van der Waals surface area (Å²) in [4.78, 5) is 7.24. The highest BCUT2D eigenvalue weighted by atomic mass is 15.2. The summed E-state index contributed by atoms with van der Waals surface area (Å²) in [7, 11) is 0. The van der Waals surface area contributed by atoms with Crippen LogP contribution in [0.25, 0.3) is 0 Å². The van der Waals surface area contributed by atoms with Gasteiger partial charge in [0.05, 0.1) is 0 Å². The molecule has 2 heterocycles. The van der Waals surface area contributed by atoms with Gasteiger partial charge in [-0.1, -0.05) is 13.8 Å². The van der Waals surface area contributed by atoms with Crippen LogP contribution < -0.4 is 10.2 Å². The lowest BCUT2D eigenvalue weighted by molar-refractivity contribution is 0.387. The van der Waals surface area contributed by atoms with Crippen molar-refractivity contribution < 1.29 is 0 Å². The quantitative estimate of drug-likeness (QED) is 0.833. The number of hydrogen-bond acceptors (Lipinski definition) is 3. The van der Waals surface area contributed by atoms with Gasteiger partial charge in [-0.05, 0) is 62.8 Å². The van der Waals surface area contributed by atoms with Crippen molar-refractivity contribution >= 4 is 5.82 Å². The standard InChI is InChI=1S/C17H29N3/c1-5-8-18-10-16-9-14(3)17(19-11-16)20-12-13(2)6-7-15(20)4/h9,11,13,15,18H,5-8,10,12H2,1-4H3. The highest BCUT2D eigenvalue weighted by Gasteiger charge is 2.24. The Kier molecular flexibility index (Phi) is 5.41. The van der Waals surface area contributed by atoms with Crippen molar-refractivity contribution in [1.82, 2.24) is 10.3 Å². The first kappa shape index (κ1) is 15.3. The molecule has 112 valence electrons. The maximum absolute atomic E-state index is 4.75. The Morgan fingerprint density at radius 2 is 2.15 bits per heavy atom. The average molecular weight is 275 g/mol. The summed E-state index contributed by atoms with van der Waals surface area (Å²) in [5.41, 5.74) is 2.60. The highest BCUT2D eigenvalue weighted by Crippen LogP contribution is 2.28. The van der Waals surface area contributed by atoms with Crippen molar-refractivity contribution in [3.05, 3.63) is 23.4 Å². The summed E-state index contributed by atoms with van der Waals surface area (Å²) in [6.07, 6.45) is 5.84. The van der Waals surface area contributed by atoms with Gasteiger partial charge in [0, 0.05) is 25.3 Å². The van der Waals surface area contributed by atoms with Crippen molar-refractivity contribution in [2.24, 2.45) is 5.92 Å². The van der Waals surface area contributed by atoms with Crippen LogP contribution in [0.3, 0.4) is 0 Å². The Bertz CT molecular complexity index is 430. The number of nitrogens with zero attached hydrogens (tertiary/aromatic N) is 2. The van der Waals surface area contributed by atoms with Gasteiger partial charge in [0.1, 0.15) is 5.82 Å². The fourth-order valence-corrected chi connectivity index (χ4v) is 3.02. The fraction of sp³-hybridized carbons (Fsp3) is 0.706. The van der Waals surface area contributed by atoms with Crippen LogP contribution in [0.15, 0.2) is 12.3 Å². The third-order valence-electron chi connectivity index (χ3n) is 4.25. The van der Waals surface area contributed by atoms with E-state index in [1.54, 1.807) is 0 Å². The summed E-state index contributed by atoms with van der Waals surface area (Å²) in [5, 5.41) is 3.44. The number of piperidine rings is 1. The lowest BCUT2D eigenvalue weighted by atomic mass is 9.94. The number of hydrogen-bond donors (Lipinski definition) is 1. The molecule has 1 N–H and O–H groups in total. The Balaban J connectivity index is 2.08. The normalized spacial score (nSPS) is 23.1. The molecule has 0 bridgehead atoms. The van der Waals surface area contributed by atoms with Crippen LogP contribution >= 0.6 is 0 Å². The smallest absolute Gasteiger partial charge is 0.131 e. The molecule has 20 heavy (non-hydrogen) atoms. The summed E-state index contributed by atoms with van der Waals surface area (Å²) in [6, 6.07) is 2.90. The van der Waals surface area contributed by atoms with Crippen molar-refractivity contribution in [2.75, 3.05) is 18.0 Å². The fourth-order valence-electron chi connectivity index (χ4n) is 3.02. The molecule has 1 fully saturated rings. The van der Waals surface area contributed by atoms with Crippen LogP contribution in [0.1, 0.15) is 51.2 Å². The first-order valence-electron chi connectivity index (χ1n) is 8.04. The maximum atomic E-state index is 4.75.